The summed E-state index contributed by atoms with van der Waals surface area (Å²) in [5.41, 5.74) is 0.973. The van der Waals surface area contributed by atoms with Crippen LogP contribution in [0, 0.1) is 5.92 Å². The maximum Gasteiger partial charge on any atom is 0.303 e. The van der Waals surface area contributed by atoms with Gasteiger partial charge < -0.3 is 19.5 Å². The largest absolute Gasteiger partial charge is 0.493 e. The Morgan fingerprint density at radius 2 is 2.17 bits per heavy atom. The van der Waals surface area contributed by atoms with Gasteiger partial charge in [0, 0.05) is 24.6 Å². The molecule has 5 nitrogen and oxygen atoms in total. The number of likely N-dealkylation sites (tertiary alicyclic amines) is 1. The number of para-hydroxylation sites is 1. The van der Waals surface area contributed by atoms with Gasteiger partial charge in [-0.2, -0.15) is 0 Å². The van der Waals surface area contributed by atoms with E-state index in [2.05, 4.69) is 11.9 Å². The molecular weight excluding hydrogens is 294 g/mol. The zero-order chi connectivity index (χ0) is 16.4. The number of benzene rings is 1. The molecule has 5 heteroatoms. The molecule has 2 aliphatic rings. The molecule has 126 valence electrons. The maximum absolute atomic E-state index is 11.2. The van der Waals surface area contributed by atoms with Crippen molar-refractivity contribution in [1.82, 2.24) is 4.90 Å². The minimum Gasteiger partial charge on any atom is -0.493 e. The monoisotopic (exact) mass is 319 g/mol. The SMILES string of the molecule is COc1c(OC2CCN(C)C2)cccc1C(CC(=O)O)C1CC1. The lowest BCUT2D eigenvalue weighted by atomic mass is 9.90. The van der Waals surface area contributed by atoms with Gasteiger partial charge in [-0.15, -0.1) is 0 Å². The summed E-state index contributed by atoms with van der Waals surface area (Å²) in [4.78, 5) is 13.5. The predicted octanol–water partition coefficient (Wildman–Crippen LogP) is 2.75. The molecule has 1 aromatic carbocycles. The van der Waals surface area contributed by atoms with Crippen LogP contribution in [-0.4, -0.2) is 49.3 Å². The second kappa shape index (κ2) is 6.79. The van der Waals surface area contributed by atoms with Crippen LogP contribution in [0.4, 0.5) is 0 Å². The Balaban J connectivity index is 1.85. The number of likely N-dealkylation sites (N-methyl/N-ethyl adjacent to an activating group) is 1. The van der Waals surface area contributed by atoms with E-state index in [9.17, 15) is 9.90 Å². The number of hydrogen-bond donors (Lipinski definition) is 1. The molecule has 1 saturated heterocycles. The number of ether oxygens (including phenoxy) is 2. The van der Waals surface area contributed by atoms with Crippen molar-refractivity contribution in [2.75, 3.05) is 27.2 Å². The van der Waals surface area contributed by atoms with Crippen molar-refractivity contribution in [3.63, 3.8) is 0 Å². The van der Waals surface area contributed by atoms with Crippen LogP contribution in [0.25, 0.3) is 0 Å². The van der Waals surface area contributed by atoms with Gasteiger partial charge in [0.05, 0.1) is 13.5 Å². The number of rotatable bonds is 7. The Morgan fingerprint density at radius 1 is 1.39 bits per heavy atom. The van der Waals surface area contributed by atoms with Crippen molar-refractivity contribution in [2.45, 2.75) is 37.7 Å². The van der Waals surface area contributed by atoms with Gasteiger partial charge in [0.15, 0.2) is 11.5 Å². The van der Waals surface area contributed by atoms with Crippen LogP contribution >= 0.6 is 0 Å². The number of carboxylic acids is 1. The van der Waals surface area contributed by atoms with Crippen molar-refractivity contribution in [3.05, 3.63) is 23.8 Å². The van der Waals surface area contributed by atoms with Crippen LogP contribution in [0.5, 0.6) is 11.5 Å². The minimum atomic E-state index is -0.757. The molecule has 2 atom stereocenters. The Kier molecular flexibility index (Phi) is 4.76. The van der Waals surface area contributed by atoms with Crippen LogP contribution in [0.2, 0.25) is 0 Å². The Morgan fingerprint density at radius 3 is 2.74 bits per heavy atom. The summed E-state index contributed by atoms with van der Waals surface area (Å²) in [6.07, 6.45) is 3.52. The van der Waals surface area contributed by atoms with Crippen molar-refractivity contribution in [1.29, 1.82) is 0 Å². The molecule has 1 heterocycles. The van der Waals surface area contributed by atoms with E-state index in [1.807, 2.05) is 18.2 Å². The summed E-state index contributed by atoms with van der Waals surface area (Å²) in [6, 6.07) is 5.85. The van der Waals surface area contributed by atoms with E-state index in [1.165, 1.54) is 0 Å². The fourth-order valence-corrected chi connectivity index (χ4v) is 3.52. The average Bonchev–Trinajstić information content (AvgIpc) is 3.28. The Hall–Kier alpha value is -1.75. The molecule has 0 amide bonds. The topological polar surface area (TPSA) is 59.0 Å². The molecule has 3 rings (SSSR count). The highest BCUT2D eigenvalue weighted by molar-refractivity contribution is 5.69. The van der Waals surface area contributed by atoms with Crippen molar-refractivity contribution < 1.29 is 19.4 Å². The number of nitrogens with zero attached hydrogens (tertiary/aromatic N) is 1. The number of methoxy groups -OCH3 is 1. The van der Waals surface area contributed by atoms with E-state index in [1.54, 1.807) is 7.11 Å². The summed E-state index contributed by atoms with van der Waals surface area (Å²) < 4.78 is 11.8. The molecule has 0 aromatic heterocycles. The summed E-state index contributed by atoms with van der Waals surface area (Å²) in [5.74, 6) is 1.15. The first-order valence-electron chi connectivity index (χ1n) is 8.32. The van der Waals surface area contributed by atoms with Crippen molar-refractivity contribution >= 4 is 5.97 Å². The summed E-state index contributed by atoms with van der Waals surface area (Å²) in [7, 11) is 3.73. The minimum absolute atomic E-state index is 0.0113. The fraction of sp³-hybridized carbons (Fsp3) is 0.611. The van der Waals surface area contributed by atoms with Gasteiger partial charge in [-0.25, -0.2) is 0 Å². The summed E-state index contributed by atoms with van der Waals surface area (Å²) >= 11 is 0. The number of carboxylic acid groups (broad SMARTS) is 1. The van der Waals surface area contributed by atoms with Gasteiger partial charge in [0.25, 0.3) is 0 Å². The second-order valence-corrected chi connectivity index (χ2v) is 6.71. The normalized spacial score (nSPS) is 22.8. The van der Waals surface area contributed by atoms with Crippen LogP contribution in [0.15, 0.2) is 18.2 Å². The van der Waals surface area contributed by atoms with Crippen molar-refractivity contribution in [2.24, 2.45) is 5.92 Å². The van der Waals surface area contributed by atoms with E-state index < -0.39 is 5.97 Å². The first-order valence-corrected chi connectivity index (χ1v) is 8.32. The molecule has 1 saturated carbocycles. The molecule has 2 unspecified atom stereocenters. The molecule has 1 N–H and O–H groups in total. The van der Waals surface area contributed by atoms with Crippen LogP contribution in [-0.2, 0) is 4.79 Å². The molecular formula is C18H25NO4. The molecule has 23 heavy (non-hydrogen) atoms. The number of hydrogen-bond acceptors (Lipinski definition) is 4. The third-order valence-electron chi connectivity index (χ3n) is 4.84. The molecule has 0 radical (unpaired) electrons. The summed E-state index contributed by atoms with van der Waals surface area (Å²) in [5, 5.41) is 9.24. The first-order chi connectivity index (χ1) is 11.1. The third-order valence-corrected chi connectivity index (χ3v) is 4.84. The van der Waals surface area contributed by atoms with Gasteiger partial charge in [0.1, 0.15) is 6.10 Å². The highest BCUT2D eigenvalue weighted by atomic mass is 16.5. The molecule has 1 aromatic rings. The van der Waals surface area contributed by atoms with E-state index >= 15 is 0 Å². The second-order valence-electron chi connectivity index (χ2n) is 6.71. The Labute approximate surface area is 137 Å². The van der Waals surface area contributed by atoms with Gasteiger partial charge in [-0.3, -0.25) is 4.79 Å². The van der Waals surface area contributed by atoms with E-state index in [4.69, 9.17) is 9.47 Å². The maximum atomic E-state index is 11.2. The lowest BCUT2D eigenvalue weighted by Gasteiger charge is -2.22. The molecule has 2 fully saturated rings. The van der Waals surface area contributed by atoms with Gasteiger partial charge >= 0.3 is 5.97 Å². The van der Waals surface area contributed by atoms with Crippen LogP contribution in [0.3, 0.4) is 0 Å². The van der Waals surface area contributed by atoms with E-state index in [-0.39, 0.29) is 18.4 Å². The van der Waals surface area contributed by atoms with E-state index in [0.717, 1.165) is 43.7 Å². The Bertz CT molecular complexity index is 570. The quantitative estimate of drug-likeness (QED) is 0.837. The standard InChI is InChI=1S/C18H25NO4/c1-19-9-8-13(11-19)23-16-5-3-4-14(18(16)22-2)15(10-17(20)21)12-6-7-12/h3-5,12-13,15H,6-11H2,1-2H3,(H,20,21). The van der Waals surface area contributed by atoms with Gasteiger partial charge in [0.2, 0.25) is 0 Å². The van der Waals surface area contributed by atoms with Crippen molar-refractivity contribution in [3.8, 4) is 11.5 Å². The molecule has 0 bridgehead atoms. The molecule has 0 spiro atoms. The summed E-state index contributed by atoms with van der Waals surface area (Å²) in [6.45, 7) is 1.95. The average molecular weight is 319 g/mol. The lowest BCUT2D eigenvalue weighted by Crippen LogP contribution is -2.22. The predicted molar refractivity (Wildman–Crippen MR) is 87.2 cm³/mol. The third kappa shape index (κ3) is 3.78. The van der Waals surface area contributed by atoms with Gasteiger partial charge in [-0.1, -0.05) is 12.1 Å². The van der Waals surface area contributed by atoms with Crippen LogP contribution in [0.1, 0.15) is 37.2 Å². The van der Waals surface area contributed by atoms with Gasteiger partial charge in [-0.05, 0) is 38.3 Å². The first kappa shape index (κ1) is 16.1. The zero-order valence-electron chi connectivity index (χ0n) is 13.8. The highest BCUT2D eigenvalue weighted by Crippen LogP contribution is 2.49. The molecule has 1 aliphatic heterocycles. The lowest BCUT2D eigenvalue weighted by molar-refractivity contribution is -0.137. The smallest absolute Gasteiger partial charge is 0.303 e. The highest BCUT2D eigenvalue weighted by Gasteiger charge is 2.36. The number of carbonyl (C=O) groups is 1. The zero-order valence-corrected chi connectivity index (χ0v) is 13.8. The van der Waals surface area contributed by atoms with Crippen LogP contribution < -0.4 is 9.47 Å². The fourth-order valence-electron chi connectivity index (χ4n) is 3.52. The molecule has 1 aliphatic carbocycles. The van der Waals surface area contributed by atoms with E-state index in [0.29, 0.717) is 11.7 Å². The number of aliphatic carboxylic acids is 1.